The van der Waals surface area contributed by atoms with Crippen LogP contribution in [-0.2, 0) is 0 Å². The van der Waals surface area contributed by atoms with Gasteiger partial charge in [-0.2, -0.15) is 0 Å². The van der Waals surface area contributed by atoms with Gasteiger partial charge in [-0.25, -0.2) is 0 Å². The molecule has 0 bridgehead atoms. The fraction of sp³-hybridized carbons (Fsp3) is 1.00. The SMILES string of the molecule is C[C@H](CO)CCC[C@@H](C)[C@H]1[C@@H](O)[C@H](O)[C@@H]2[C@]1(C)CC[C@@H]1[C@@]3(C)CC[C@H](O)C[C@@H]3[C@H](O)C[C@]12O. The Balaban J connectivity index is 1.61. The number of rotatable bonds is 6. The fourth-order valence-corrected chi connectivity index (χ4v) is 9.57. The first kappa shape index (κ1) is 25.8. The van der Waals surface area contributed by atoms with Crippen LogP contribution < -0.4 is 0 Å². The maximum absolute atomic E-state index is 12.3. The normalized spacial score (nSPS) is 53.6. The minimum Gasteiger partial charge on any atom is -0.396 e. The van der Waals surface area contributed by atoms with Crippen molar-refractivity contribution in [2.45, 2.75) is 115 Å². The summed E-state index contributed by atoms with van der Waals surface area (Å²) in [5.74, 6) is -0.211. The van der Waals surface area contributed by atoms with Crippen molar-refractivity contribution >= 4 is 0 Å². The molecule has 0 aromatic carbocycles. The molecule has 0 unspecified atom stereocenters. The van der Waals surface area contributed by atoms with E-state index in [2.05, 4.69) is 20.8 Å². The molecule has 33 heavy (non-hydrogen) atoms. The Kier molecular flexibility index (Phi) is 7.05. The Morgan fingerprint density at radius 2 is 1.58 bits per heavy atom. The Morgan fingerprint density at radius 1 is 0.909 bits per heavy atom. The lowest BCUT2D eigenvalue weighted by Gasteiger charge is -2.65. The van der Waals surface area contributed by atoms with Gasteiger partial charge in [-0.15, -0.1) is 0 Å². The second-order valence-corrected chi connectivity index (χ2v) is 13.1. The highest BCUT2D eigenvalue weighted by Crippen LogP contribution is 2.69. The lowest BCUT2D eigenvalue weighted by molar-refractivity contribution is -0.264. The molecular weight excluding hydrogens is 420 g/mol. The summed E-state index contributed by atoms with van der Waals surface area (Å²) in [4.78, 5) is 0. The molecule has 6 nitrogen and oxygen atoms in total. The summed E-state index contributed by atoms with van der Waals surface area (Å²) in [5.41, 5.74) is -1.90. The molecule has 192 valence electrons. The van der Waals surface area contributed by atoms with Crippen molar-refractivity contribution in [2.75, 3.05) is 6.61 Å². The van der Waals surface area contributed by atoms with E-state index in [-0.39, 0.29) is 48.0 Å². The quantitative estimate of drug-likeness (QED) is 0.356. The smallest absolute Gasteiger partial charge is 0.0863 e. The van der Waals surface area contributed by atoms with Gasteiger partial charge in [0.05, 0.1) is 30.0 Å². The summed E-state index contributed by atoms with van der Waals surface area (Å²) < 4.78 is 0. The van der Waals surface area contributed by atoms with Crippen LogP contribution in [0, 0.1) is 46.3 Å². The monoisotopic (exact) mass is 468 g/mol. The van der Waals surface area contributed by atoms with Crippen molar-refractivity contribution in [1.29, 1.82) is 0 Å². The van der Waals surface area contributed by atoms with Crippen LogP contribution in [0.2, 0.25) is 0 Å². The summed E-state index contributed by atoms with van der Waals surface area (Å²) >= 11 is 0. The molecule has 0 spiro atoms. The van der Waals surface area contributed by atoms with Crippen molar-refractivity contribution in [3.05, 3.63) is 0 Å². The zero-order valence-electron chi connectivity index (χ0n) is 21.0. The van der Waals surface area contributed by atoms with Crippen LogP contribution in [0.25, 0.3) is 0 Å². The number of aliphatic hydroxyl groups is 6. The van der Waals surface area contributed by atoms with Gasteiger partial charge in [0.15, 0.2) is 0 Å². The van der Waals surface area contributed by atoms with Crippen LogP contribution in [0.4, 0.5) is 0 Å². The van der Waals surface area contributed by atoms with E-state index in [9.17, 15) is 30.6 Å². The van der Waals surface area contributed by atoms with Gasteiger partial charge in [0.1, 0.15) is 0 Å². The summed E-state index contributed by atoms with van der Waals surface area (Å²) in [6.07, 6.45) is 3.75. The van der Waals surface area contributed by atoms with Gasteiger partial charge in [0.25, 0.3) is 0 Å². The average molecular weight is 469 g/mol. The minimum atomic E-state index is -1.22. The minimum absolute atomic E-state index is 0.0393. The van der Waals surface area contributed by atoms with Gasteiger partial charge >= 0.3 is 0 Å². The van der Waals surface area contributed by atoms with E-state index in [0.29, 0.717) is 12.8 Å². The van der Waals surface area contributed by atoms with Crippen molar-refractivity contribution < 1.29 is 30.6 Å². The number of hydrogen-bond donors (Lipinski definition) is 6. The maximum atomic E-state index is 12.3. The van der Waals surface area contributed by atoms with Gasteiger partial charge in [0.2, 0.25) is 0 Å². The van der Waals surface area contributed by atoms with Gasteiger partial charge in [0, 0.05) is 18.9 Å². The van der Waals surface area contributed by atoms with Crippen LogP contribution in [0.5, 0.6) is 0 Å². The second-order valence-electron chi connectivity index (χ2n) is 13.1. The van der Waals surface area contributed by atoms with Crippen molar-refractivity contribution in [3.63, 3.8) is 0 Å². The predicted molar refractivity (Wildman–Crippen MR) is 126 cm³/mol. The largest absolute Gasteiger partial charge is 0.396 e. The van der Waals surface area contributed by atoms with E-state index in [1.165, 1.54) is 0 Å². The second kappa shape index (κ2) is 9.01. The molecule has 6 heteroatoms. The third-order valence-electron chi connectivity index (χ3n) is 11.1. The van der Waals surface area contributed by atoms with Crippen LogP contribution in [-0.4, -0.2) is 67.3 Å². The van der Waals surface area contributed by atoms with Crippen molar-refractivity contribution in [1.82, 2.24) is 0 Å². The van der Waals surface area contributed by atoms with Gasteiger partial charge < -0.3 is 30.6 Å². The molecule has 0 heterocycles. The lowest BCUT2D eigenvalue weighted by atomic mass is 9.42. The zero-order valence-corrected chi connectivity index (χ0v) is 21.0. The number of fused-ring (bicyclic) bond motifs is 5. The standard InChI is InChI=1S/C27H48O6/c1-15(14-28)6-5-7-16(2)21-22(31)23(32)24-26(21,4)11-9-20-25(3)10-8-17(29)12-18(25)19(30)13-27(20,24)33/h15-24,28-33H,5-14H2,1-4H3/t15-,16+,17-,18+,19+,20+,21-,22+,23-,24+,25-,26+,27-/m0/s1. The average Bonchev–Trinajstić information content (AvgIpc) is 2.95. The molecule has 0 aliphatic heterocycles. The topological polar surface area (TPSA) is 121 Å². The molecule has 0 radical (unpaired) electrons. The summed E-state index contributed by atoms with van der Waals surface area (Å²) in [7, 11) is 0. The van der Waals surface area contributed by atoms with Gasteiger partial charge in [-0.05, 0) is 78.9 Å². The maximum Gasteiger partial charge on any atom is 0.0863 e. The molecule has 4 aliphatic rings. The number of aliphatic hydroxyl groups excluding tert-OH is 5. The highest BCUT2D eigenvalue weighted by Gasteiger charge is 2.72. The lowest BCUT2D eigenvalue weighted by Crippen LogP contribution is -2.68. The molecule has 0 amide bonds. The molecule has 4 rings (SSSR count). The summed E-state index contributed by atoms with van der Waals surface area (Å²) in [6.45, 7) is 8.70. The molecular formula is C27H48O6. The first-order valence-corrected chi connectivity index (χ1v) is 13.5. The molecule has 4 aliphatic carbocycles. The highest BCUT2D eigenvalue weighted by atomic mass is 16.3. The Hall–Kier alpha value is -0.240. The van der Waals surface area contributed by atoms with Gasteiger partial charge in [-0.3, -0.25) is 0 Å². The molecule has 4 saturated carbocycles. The van der Waals surface area contributed by atoms with Crippen LogP contribution >= 0.6 is 0 Å². The Bertz CT molecular complexity index is 702. The first-order chi connectivity index (χ1) is 15.4. The van der Waals surface area contributed by atoms with E-state index in [1.54, 1.807) is 0 Å². The van der Waals surface area contributed by atoms with Gasteiger partial charge in [-0.1, -0.05) is 40.5 Å². The van der Waals surface area contributed by atoms with Crippen molar-refractivity contribution in [2.24, 2.45) is 46.3 Å². The Labute approximate surface area is 199 Å². The van der Waals surface area contributed by atoms with E-state index in [0.717, 1.165) is 38.5 Å². The molecule has 0 saturated heterocycles. The molecule has 13 atom stereocenters. The zero-order chi connectivity index (χ0) is 24.3. The molecule has 6 N–H and O–H groups in total. The van der Waals surface area contributed by atoms with E-state index >= 15 is 0 Å². The third-order valence-corrected chi connectivity index (χ3v) is 11.1. The highest BCUT2D eigenvalue weighted by molar-refractivity contribution is 5.21. The fourth-order valence-electron chi connectivity index (χ4n) is 9.57. The van der Waals surface area contributed by atoms with Crippen LogP contribution in [0.3, 0.4) is 0 Å². The Morgan fingerprint density at radius 3 is 2.24 bits per heavy atom. The van der Waals surface area contributed by atoms with Crippen LogP contribution in [0.15, 0.2) is 0 Å². The number of hydrogen-bond acceptors (Lipinski definition) is 6. The summed E-state index contributed by atoms with van der Waals surface area (Å²) in [6, 6.07) is 0. The first-order valence-electron chi connectivity index (χ1n) is 13.5. The van der Waals surface area contributed by atoms with E-state index < -0.39 is 41.3 Å². The molecule has 4 fully saturated rings. The summed E-state index contributed by atoms with van der Waals surface area (Å²) in [5, 5.41) is 65.7. The van der Waals surface area contributed by atoms with Crippen LogP contribution in [0.1, 0.15) is 85.5 Å². The molecule has 0 aromatic rings. The molecule has 0 aromatic heterocycles. The van der Waals surface area contributed by atoms with E-state index in [1.807, 2.05) is 6.92 Å². The third kappa shape index (κ3) is 3.92. The van der Waals surface area contributed by atoms with Crippen molar-refractivity contribution in [3.8, 4) is 0 Å². The van der Waals surface area contributed by atoms with E-state index in [4.69, 9.17) is 0 Å². The predicted octanol–water partition coefficient (Wildman–Crippen LogP) is 2.47.